The number of hydrogen-bond donors (Lipinski definition) is 2. The number of hydrogen-bond acceptors (Lipinski definition) is 4. The molecule has 1 aromatic carbocycles. The molecule has 0 atom stereocenters. The van der Waals surface area contributed by atoms with Gasteiger partial charge < -0.3 is 20.5 Å². The number of nitrogens with two attached hydrogens (primary N) is 1. The van der Waals surface area contributed by atoms with Crippen molar-refractivity contribution in [2.75, 3.05) is 20.8 Å². The second-order valence-corrected chi connectivity index (χ2v) is 5.22. The summed E-state index contributed by atoms with van der Waals surface area (Å²) in [6.45, 7) is 3.40. The molecule has 1 aromatic rings. The molecule has 3 N–H and O–H groups in total. The monoisotopic (exact) mass is 449 g/mol. The van der Waals surface area contributed by atoms with E-state index in [0.717, 1.165) is 18.5 Å². The van der Waals surface area contributed by atoms with E-state index in [1.165, 1.54) is 33.5 Å². The number of methoxy groups -OCH3 is 2. The van der Waals surface area contributed by atoms with Crippen molar-refractivity contribution in [2.45, 2.75) is 39.2 Å². The number of nitrogens with one attached hydrogen (secondary N) is 1. The maximum atomic E-state index is 11.7. The number of rotatable bonds is 9. The Morgan fingerprint density at radius 3 is 2.62 bits per heavy atom. The number of carbonyl (C=O) groups is 1. The number of esters is 1. The molecule has 24 heavy (non-hydrogen) atoms. The van der Waals surface area contributed by atoms with Gasteiger partial charge in [0, 0.05) is 6.54 Å². The van der Waals surface area contributed by atoms with Crippen molar-refractivity contribution in [3.05, 3.63) is 29.3 Å². The first-order chi connectivity index (χ1) is 11.1. The highest BCUT2D eigenvalue weighted by molar-refractivity contribution is 14.0. The number of guanidine groups is 1. The fourth-order valence-electron chi connectivity index (χ4n) is 2.12. The first-order valence-corrected chi connectivity index (χ1v) is 7.91. The second-order valence-electron chi connectivity index (χ2n) is 5.22. The summed E-state index contributed by atoms with van der Waals surface area (Å²) in [6, 6.07) is 5.29. The van der Waals surface area contributed by atoms with E-state index in [9.17, 15) is 4.79 Å². The highest BCUT2D eigenvalue weighted by Gasteiger charge is 2.13. The Bertz CT molecular complexity index is 536. The largest absolute Gasteiger partial charge is 0.496 e. The van der Waals surface area contributed by atoms with Crippen LogP contribution in [0.25, 0.3) is 0 Å². The van der Waals surface area contributed by atoms with Gasteiger partial charge in [-0.1, -0.05) is 32.3 Å². The molecule has 0 heterocycles. The van der Waals surface area contributed by atoms with Crippen molar-refractivity contribution < 1.29 is 14.3 Å². The van der Waals surface area contributed by atoms with Gasteiger partial charge in [-0.15, -0.1) is 24.0 Å². The number of unbranched alkanes of at least 4 members (excludes halogenated alkanes) is 3. The molecule has 0 aromatic heterocycles. The van der Waals surface area contributed by atoms with E-state index in [1.54, 1.807) is 12.1 Å². The summed E-state index contributed by atoms with van der Waals surface area (Å²) in [5.74, 6) is 0.457. The second kappa shape index (κ2) is 12.9. The molecule has 0 spiro atoms. The van der Waals surface area contributed by atoms with E-state index in [2.05, 4.69) is 17.2 Å². The van der Waals surface area contributed by atoms with Crippen molar-refractivity contribution in [1.82, 2.24) is 5.32 Å². The normalized spacial score (nSPS) is 10.7. The predicted octanol–water partition coefficient (Wildman–Crippen LogP) is 3.08. The molecule has 0 aliphatic carbocycles. The molecule has 7 heteroatoms. The third-order valence-corrected chi connectivity index (χ3v) is 3.44. The Labute approximate surface area is 161 Å². The van der Waals surface area contributed by atoms with Gasteiger partial charge in [-0.2, -0.15) is 0 Å². The van der Waals surface area contributed by atoms with E-state index in [4.69, 9.17) is 15.2 Å². The average molecular weight is 449 g/mol. The van der Waals surface area contributed by atoms with Gasteiger partial charge in [0.15, 0.2) is 5.96 Å². The van der Waals surface area contributed by atoms with Crippen molar-refractivity contribution in [3.8, 4) is 5.75 Å². The van der Waals surface area contributed by atoms with E-state index in [0.29, 0.717) is 23.8 Å². The minimum atomic E-state index is -0.435. The molecule has 0 aliphatic heterocycles. The van der Waals surface area contributed by atoms with Crippen molar-refractivity contribution in [3.63, 3.8) is 0 Å². The number of benzene rings is 1. The number of aliphatic imine (C=N–C) groups is 1. The lowest BCUT2D eigenvalue weighted by molar-refractivity contribution is 0.0597. The fourth-order valence-corrected chi connectivity index (χ4v) is 2.12. The third-order valence-electron chi connectivity index (χ3n) is 3.44. The first kappa shape index (κ1) is 22.5. The summed E-state index contributed by atoms with van der Waals surface area (Å²) in [5.41, 5.74) is 7.08. The standard InChI is InChI=1S/C17H27N3O3.HI/c1-4-5-6-7-10-19-17(18)20-12-13-8-9-15(22-2)14(11-13)16(21)23-3;/h8-9,11H,4-7,10,12H2,1-3H3,(H3,18,19,20);1H. The maximum Gasteiger partial charge on any atom is 0.341 e. The van der Waals surface area contributed by atoms with Crippen LogP contribution in [0.1, 0.15) is 48.5 Å². The summed E-state index contributed by atoms with van der Waals surface area (Å²) in [5, 5.41) is 3.09. The zero-order valence-corrected chi connectivity index (χ0v) is 17.0. The van der Waals surface area contributed by atoms with Crippen LogP contribution >= 0.6 is 24.0 Å². The fraction of sp³-hybridized carbons (Fsp3) is 0.529. The molecule has 136 valence electrons. The topological polar surface area (TPSA) is 85.9 Å². The van der Waals surface area contributed by atoms with Gasteiger partial charge in [0.2, 0.25) is 0 Å². The Balaban J connectivity index is 0.00000529. The van der Waals surface area contributed by atoms with Crippen molar-refractivity contribution in [2.24, 2.45) is 10.7 Å². The van der Waals surface area contributed by atoms with Crippen LogP contribution in [0.2, 0.25) is 0 Å². The third kappa shape index (κ3) is 7.85. The summed E-state index contributed by atoms with van der Waals surface area (Å²) < 4.78 is 9.91. The van der Waals surface area contributed by atoms with Crippen LogP contribution in [0.3, 0.4) is 0 Å². The molecule has 0 fully saturated rings. The van der Waals surface area contributed by atoms with Crippen LogP contribution in [-0.2, 0) is 11.3 Å². The first-order valence-electron chi connectivity index (χ1n) is 7.91. The quantitative estimate of drug-likeness (QED) is 0.199. The number of nitrogens with zero attached hydrogens (tertiary/aromatic N) is 1. The zero-order chi connectivity index (χ0) is 17.1. The van der Waals surface area contributed by atoms with Gasteiger partial charge in [-0.25, -0.2) is 9.79 Å². The van der Waals surface area contributed by atoms with Crippen LogP contribution < -0.4 is 15.8 Å². The SMILES string of the molecule is CCCCCCNC(N)=NCc1ccc(OC)c(C(=O)OC)c1.I. The van der Waals surface area contributed by atoms with E-state index in [-0.39, 0.29) is 24.0 Å². The van der Waals surface area contributed by atoms with Gasteiger partial charge in [0.05, 0.1) is 20.8 Å². The zero-order valence-electron chi connectivity index (χ0n) is 14.6. The summed E-state index contributed by atoms with van der Waals surface area (Å²) in [4.78, 5) is 16.0. The lowest BCUT2D eigenvalue weighted by atomic mass is 10.1. The van der Waals surface area contributed by atoms with Crippen LogP contribution in [-0.4, -0.2) is 32.7 Å². The number of ether oxygens (including phenoxy) is 2. The molecule has 0 saturated heterocycles. The van der Waals surface area contributed by atoms with Gasteiger partial charge in [0.1, 0.15) is 11.3 Å². The molecule has 0 radical (unpaired) electrons. The lowest BCUT2D eigenvalue weighted by Gasteiger charge is -2.09. The van der Waals surface area contributed by atoms with Crippen LogP contribution in [0.4, 0.5) is 0 Å². The molecule has 0 saturated carbocycles. The predicted molar refractivity (Wildman–Crippen MR) is 107 cm³/mol. The minimum absolute atomic E-state index is 0. The molecule has 0 unspecified atom stereocenters. The van der Waals surface area contributed by atoms with Crippen LogP contribution in [0.5, 0.6) is 5.75 Å². The van der Waals surface area contributed by atoms with Crippen LogP contribution in [0, 0.1) is 0 Å². The lowest BCUT2D eigenvalue weighted by Crippen LogP contribution is -2.32. The van der Waals surface area contributed by atoms with Crippen molar-refractivity contribution >= 4 is 35.9 Å². The Morgan fingerprint density at radius 1 is 1.25 bits per heavy atom. The summed E-state index contributed by atoms with van der Waals surface area (Å²) in [7, 11) is 2.85. The minimum Gasteiger partial charge on any atom is -0.496 e. The number of halogens is 1. The van der Waals surface area contributed by atoms with Crippen LogP contribution in [0.15, 0.2) is 23.2 Å². The average Bonchev–Trinajstić information content (AvgIpc) is 2.58. The Kier molecular flexibility index (Phi) is 12.0. The molecule has 1 rings (SSSR count). The van der Waals surface area contributed by atoms with Gasteiger partial charge in [-0.3, -0.25) is 0 Å². The Morgan fingerprint density at radius 2 is 2.00 bits per heavy atom. The molecular formula is C17H28IN3O3. The van der Waals surface area contributed by atoms with E-state index < -0.39 is 5.97 Å². The Hall–Kier alpha value is -1.51. The molecule has 0 amide bonds. The molecule has 0 aliphatic rings. The van der Waals surface area contributed by atoms with Crippen molar-refractivity contribution in [1.29, 1.82) is 0 Å². The molecular weight excluding hydrogens is 421 g/mol. The van der Waals surface area contributed by atoms with Gasteiger partial charge in [-0.05, 0) is 24.1 Å². The maximum absolute atomic E-state index is 11.7. The smallest absolute Gasteiger partial charge is 0.341 e. The van der Waals surface area contributed by atoms with E-state index >= 15 is 0 Å². The number of carbonyl (C=O) groups excluding carboxylic acids is 1. The van der Waals surface area contributed by atoms with Gasteiger partial charge >= 0.3 is 5.97 Å². The highest BCUT2D eigenvalue weighted by Crippen LogP contribution is 2.21. The molecule has 6 nitrogen and oxygen atoms in total. The molecule has 0 bridgehead atoms. The van der Waals surface area contributed by atoms with E-state index in [1.807, 2.05) is 6.07 Å². The summed E-state index contributed by atoms with van der Waals surface area (Å²) >= 11 is 0. The van der Waals surface area contributed by atoms with Gasteiger partial charge in [0.25, 0.3) is 0 Å². The highest BCUT2D eigenvalue weighted by atomic mass is 127. The summed E-state index contributed by atoms with van der Waals surface area (Å²) in [6.07, 6.45) is 4.72.